The number of hydrogen-bond acceptors (Lipinski definition) is 0. The summed E-state index contributed by atoms with van der Waals surface area (Å²) in [6, 6.07) is 1.43. The van der Waals surface area contributed by atoms with E-state index in [0.717, 1.165) is 0 Å². The van der Waals surface area contributed by atoms with E-state index < -0.39 is 11.7 Å². The summed E-state index contributed by atoms with van der Waals surface area (Å²) in [5.41, 5.74) is -0.466. The molecule has 0 aromatic heterocycles. The molecule has 0 saturated carbocycles. The van der Waals surface area contributed by atoms with Crippen LogP contribution in [0, 0.1) is 6.92 Å². The van der Waals surface area contributed by atoms with Crippen LogP contribution in [0.3, 0.4) is 0 Å². The summed E-state index contributed by atoms with van der Waals surface area (Å²) in [6.07, 6.45) is -4.34. The Balaban J connectivity index is 3.53. The molecule has 0 aliphatic rings. The maximum atomic E-state index is 12.6. The van der Waals surface area contributed by atoms with Crippen molar-refractivity contribution in [2.24, 2.45) is 0 Å². The monoisotopic (exact) mass is 394 g/mol. The van der Waals surface area contributed by atoms with E-state index in [-0.39, 0.29) is 10.0 Å². The van der Waals surface area contributed by atoms with Gasteiger partial charge in [-0.3, -0.25) is 0 Å². The zero-order valence-corrected chi connectivity index (χ0v) is 11.6. The van der Waals surface area contributed by atoms with E-state index in [9.17, 15) is 13.2 Å². The largest absolute Gasteiger partial charge is 0.417 e. The van der Waals surface area contributed by atoms with E-state index in [1.54, 1.807) is 0 Å². The van der Waals surface area contributed by atoms with Gasteiger partial charge in [0.25, 0.3) is 0 Å². The van der Waals surface area contributed by atoms with Crippen molar-refractivity contribution in [2.75, 3.05) is 0 Å². The number of halogens is 6. The van der Waals surface area contributed by atoms with Crippen molar-refractivity contribution >= 4 is 47.8 Å². The maximum Gasteiger partial charge on any atom is 0.417 e. The van der Waals surface area contributed by atoms with Crippen molar-refractivity contribution in [3.63, 3.8) is 0 Å². The van der Waals surface area contributed by atoms with Gasteiger partial charge in [0, 0.05) is 13.4 Å². The summed E-state index contributed by atoms with van der Waals surface area (Å²) in [7, 11) is 0. The highest BCUT2D eigenvalue weighted by molar-refractivity contribution is 9.14. The fraction of sp³-hybridized carbons (Fsp3) is 0.250. The first kappa shape index (κ1) is 12.5. The molecule has 0 nitrogen and oxygen atoms in total. The van der Waals surface area contributed by atoms with Gasteiger partial charge in [0.2, 0.25) is 0 Å². The van der Waals surface area contributed by atoms with Crippen molar-refractivity contribution in [3.05, 3.63) is 30.6 Å². The molecule has 1 aromatic carbocycles. The van der Waals surface area contributed by atoms with E-state index in [0.29, 0.717) is 8.95 Å². The zero-order valence-electron chi connectivity index (χ0n) is 6.85. The predicted octanol–water partition coefficient (Wildman–Crippen LogP) is 5.30. The lowest BCUT2D eigenvalue weighted by Gasteiger charge is -2.14. The molecule has 1 rings (SSSR count). The van der Waals surface area contributed by atoms with Crippen LogP contribution < -0.4 is 0 Å². The first-order valence-electron chi connectivity index (χ1n) is 3.46. The number of alkyl halides is 3. The van der Waals surface area contributed by atoms with Gasteiger partial charge in [0.15, 0.2) is 0 Å². The van der Waals surface area contributed by atoms with Crippen molar-refractivity contribution < 1.29 is 13.2 Å². The molecule has 0 fully saturated rings. The van der Waals surface area contributed by atoms with Crippen molar-refractivity contribution in [2.45, 2.75) is 13.1 Å². The lowest BCUT2D eigenvalue weighted by molar-refractivity contribution is -0.138. The Morgan fingerprint density at radius 3 is 2.00 bits per heavy atom. The third-order valence-electron chi connectivity index (χ3n) is 1.64. The van der Waals surface area contributed by atoms with Gasteiger partial charge in [-0.2, -0.15) is 13.2 Å². The van der Waals surface area contributed by atoms with Crippen LogP contribution in [-0.2, 0) is 6.18 Å². The summed E-state index contributed by atoms with van der Waals surface area (Å²) >= 11 is 9.14. The van der Waals surface area contributed by atoms with Gasteiger partial charge in [-0.05, 0) is 66.3 Å². The quantitative estimate of drug-likeness (QED) is 0.522. The van der Waals surface area contributed by atoms with Gasteiger partial charge in [0.05, 0.1) is 5.56 Å². The van der Waals surface area contributed by atoms with Crippen LogP contribution in [0.15, 0.2) is 19.5 Å². The molecule has 6 heteroatoms. The second kappa shape index (κ2) is 4.14. The second-order valence-electron chi connectivity index (χ2n) is 2.68. The molecule has 0 atom stereocenters. The number of benzene rings is 1. The van der Waals surface area contributed by atoms with E-state index in [1.807, 2.05) is 0 Å². The average Bonchev–Trinajstić information content (AvgIpc) is 1.97. The molecule has 0 heterocycles. The molecule has 0 N–H and O–H groups in total. The van der Waals surface area contributed by atoms with Gasteiger partial charge >= 0.3 is 6.18 Å². The number of hydrogen-bond donors (Lipinski definition) is 0. The lowest BCUT2D eigenvalue weighted by Crippen LogP contribution is -2.09. The molecule has 0 aliphatic heterocycles. The first-order chi connectivity index (χ1) is 6.25. The van der Waals surface area contributed by atoms with E-state index >= 15 is 0 Å². The van der Waals surface area contributed by atoms with Gasteiger partial charge in [-0.25, -0.2) is 0 Å². The third kappa shape index (κ3) is 2.33. The smallest absolute Gasteiger partial charge is 0.166 e. The fourth-order valence-electron chi connectivity index (χ4n) is 1.06. The highest BCUT2D eigenvalue weighted by atomic mass is 79.9. The minimum absolute atomic E-state index is 0.0249. The molecule has 1 aromatic rings. The van der Waals surface area contributed by atoms with Crippen LogP contribution >= 0.6 is 47.8 Å². The first-order valence-corrected chi connectivity index (χ1v) is 5.84. The fourth-order valence-corrected chi connectivity index (χ4v) is 2.93. The predicted molar refractivity (Wildman–Crippen MR) is 59.3 cm³/mol. The van der Waals surface area contributed by atoms with Crippen LogP contribution in [-0.4, -0.2) is 0 Å². The summed E-state index contributed by atoms with van der Waals surface area (Å²) in [5, 5.41) is 0. The van der Waals surface area contributed by atoms with Crippen molar-refractivity contribution in [1.82, 2.24) is 0 Å². The Bertz CT molecular complexity index is 371. The van der Waals surface area contributed by atoms with E-state index in [1.165, 1.54) is 13.0 Å². The second-order valence-corrected chi connectivity index (χ2v) is 5.12. The standard InChI is InChI=1S/C8H4Br3F3/c1-3-2-4(9)6(10)7(11)5(3)8(12,13)14/h2H,1H3. The lowest BCUT2D eigenvalue weighted by atomic mass is 10.1. The number of aryl methyl sites for hydroxylation is 1. The molecule has 0 saturated heterocycles. The molecule has 78 valence electrons. The van der Waals surface area contributed by atoms with Gasteiger partial charge < -0.3 is 0 Å². The van der Waals surface area contributed by atoms with Crippen LogP contribution in [0.5, 0.6) is 0 Å². The Labute approximate surface area is 104 Å². The van der Waals surface area contributed by atoms with Crippen molar-refractivity contribution in [3.8, 4) is 0 Å². The van der Waals surface area contributed by atoms with Crippen LogP contribution in [0.4, 0.5) is 13.2 Å². The molecule has 0 unspecified atom stereocenters. The van der Waals surface area contributed by atoms with Gasteiger partial charge in [-0.1, -0.05) is 0 Å². The number of rotatable bonds is 0. The highest BCUT2D eigenvalue weighted by Gasteiger charge is 2.36. The topological polar surface area (TPSA) is 0 Å². The Morgan fingerprint density at radius 2 is 1.57 bits per heavy atom. The van der Waals surface area contributed by atoms with Gasteiger partial charge in [0.1, 0.15) is 0 Å². The molecule has 0 amide bonds. The Hall–Kier alpha value is 0.450. The third-order valence-corrected chi connectivity index (χ3v) is 4.95. The van der Waals surface area contributed by atoms with E-state index in [4.69, 9.17) is 0 Å². The molecule has 0 spiro atoms. The Kier molecular flexibility index (Phi) is 3.70. The maximum absolute atomic E-state index is 12.6. The molecular formula is C8H4Br3F3. The van der Waals surface area contributed by atoms with E-state index in [2.05, 4.69) is 47.8 Å². The van der Waals surface area contributed by atoms with Crippen LogP contribution in [0.25, 0.3) is 0 Å². The summed E-state index contributed by atoms with van der Waals surface area (Å²) < 4.78 is 38.7. The van der Waals surface area contributed by atoms with Gasteiger partial charge in [-0.15, -0.1) is 0 Å². The highest BCUT2D eigenvalue weighted by Crippen LogP contribution is 2.43. The zero-order chi connectivity index (χ0) is 11.1. The van der Waals surface area contributed by atoms with Crippen LogP contribution in [0.1, 0.15) is 11.1 Å². The molecule has 0 aliphatic carbocycles. The van der Waals surface area contributed by atoms with Crippen LogP contribution in [0.2, 0.25) is 0 Å². The summed E-state index contributed by atoms with van der Waals surface area (Å²) in [6.45, 7) is 1.42. The molecule has 0 bridgehead atoms. The molecular weight excluding hydrogens is 393 g/mol. The average molecular weight is 397 g/mol. The minimum atomic E-state index is -4.34. The minimum Gasteiger partial charge on any atom is -0.166 e. The summed E-state index contributed by atoms with van der Waals surface area (Å²) in [5.74, 6) is 0. The molecule has 0 radical (unpaired) electrons. The summed E-state index contributed by atoms with van der Waals surface area (Å²) in [4.78, 5) is 0. The SMILES string of the molecule is Cc1cc(Br)c(Br)c(Br)c1C(F)(F)F. The van der Waals surface area contributed by atoms with Crippen molar-refractivity contribution in [1.29, 1.82) is 0 Å². The molecule has 14 heavy (non-hydrogen) atoms. The normalized spacial score (nSPS) is 11.9. The Morgan fingerprint density at radius 1 is 1.07 bits per heavy atom.